The average Bonchev–Trinajstić information content (AvgIpc) is 2.39. The average molecular weight is 340 g/mol. The molecule has 2 rings (SSSR count). The minimum Gasteiger partial charge on any atom is -0.384 e. The maximum absolute atomic E-state index is 13.8. The van der Waals surface area contributed by atoms with Gasteiger partial charge in [0.1, 0.15) is 11.7 Å². The zero-order chi connectivity index (χ0) is 13.8. The van der Waals surface area contributed by atoms with Crippen molar-refractivity contribution in [3.05, 3.63) is 57.9 Å². The van der Waals surface area contributed by atoms with E-state index in [1.807, 2.05) is 12.1 Å². The zero-order valence-corrected chi connectivity index (χ0v) is 12.3. The molecule has 0 aliphatic rings. The zero-order valence-electron chi connectivity index (χ0n) is 9.86. The summed E-state index contributed by atoms with van der Waals surface area (Å²) >= 11 is 4.76. The van der Waals surface area contributed by atoms with Crippen LogP contribution in [0.25, 0.3) is 0 Å². The molecule has 0 atom stereocenters. The van der Waals surface area contributed by atoms with Crippen LogP contribution in [0.2, 0.25) is 0 Å². The SMILES string of the molecule is N=C(N)c1ccc(CSc2ccc(Br)cn2)c(F)c1. The number of nitrogens with two attached hydrogens (primary N) is 1. The normalized spacial score (nSPS) is 10.4. The summed E-state index contributed by atoms with van der Waals surface area (Å²) in [7, 11) is 0. The van der Waals surface area contributed by atoms with Crippen molar-refractivity contribution in [2.75, 3.05) is 0 Å². The molecule has 0 radical (unpaired) electrons. The lowest BCUT2D eigenvalue weighted by atomic mass is 10.1. The van der Waals surface area contributed by atoms with E-state index < -0.39 is 0 Å². The van der Waals surface area contributed by atoms with Crippen LogP contribution in [-0.2, 0) is 5.75 Å². The molecule has 1 heterocycles. The molecule has 0 aliphatic heterocycles. The Bertz CT molecular complexity index is 601. The molecule has 1 aromatic carbocycles. The van der Waals surface area contributed by atoms with Crippen molar-refractivity contribution in [1.29, 1.82) is 5.41 Å². The van der Waals surface area contributed by atoms with Crippen LogP contribution in [0.4, 0.5) is 4.39 Å². The van der Waals surface area contributed by atoms with Gasteiger partial charge in [0, 0.05) is 22.0 Å². The van der Waals surface area contributed by atoms with Gasteiger partial charge in [-0.05, 0) is 39.7 Å². The molecule has 0 amide bonds. The van der Waals surface area contributed by atoms with Gasteiger partial charge in [0.15, 0.2) is 0 Å². The van der Waals surface area contributed by atoms with Gasteiger partial charge in [0.2, 0.25) is 0 Å². The topological polar surface area (TPSA) is 62.8 Å². The quantitative estimate of drug-likeness (QED) is 0.508. The van der Waals surface area contributed by atoms with Crippen molar-refractivity contribution >= 4 is 33.5 Å². The predicted molar refractivity (Wildman–Crippen MR) is 78.9 cm³/mol. The highest BCUT2D eigenvalue weighted by Crippen LogP contribution is 2.23. The second-order valence-corrected chi connectivity index (χ2v) is 5.73. The fraction of sp³-hybridized carbons (Fsp3) is 0.0769. The van der Waals surface area contributed by atoms with E-state index in [1.54, 1.807) is 18.3 Å². The van der Waals surface area contributed by atoms with Crippen molar-refractivity contribution in [2.24, 2.45) is 5.73 Å². The molecule has 6 heteroatoms. The number of nitrogen functional groups attached to an aromatic ring is 1. The lowest BCUT2D eigenvalue weighted by Gasteiger charge is -2.05. The van der Waals surface area contributed by atoms with Gasteiger partial charge in [0.05, 0.1) is 5.03 Å². The number of aromatic nitrogens is 1. The lowest BCUT2D eigenvalue weighted by Crippen LogP contribution is -2.11. The van der Waals surface area contributed by atoms with Crippen LogP contribution >= 0.6 is 27.7 Å². The van der Waals surface area contributed by atoms with Gasteiger partial charge in [-0.1, -0.05) is 12.1 Å². The van der Waals surface area contributed by atoms with E-state index in [2.05, 4.69) is 20.9 Å². The molecule has 2 aromatic rings. The molecular formula is C13H11BrFN3S. The molecule has 98 valence electrons. The van der Waals surface area contributed by atoms with Crippen LogP contribution < -0.4 is 5.73 Å². The number of hydrogen-bond donors (Lipinski definition) is 2. The summed E-state index contributed by atoms with van der Waals surface area (Å²) < 4.78 is 14.7. The molecule has 0 unspecified atom stereocenters. The number of benzene rings is 1. The van der Waals surface area contributed by atoms with Crippen LogP contribution in [-0.4, -0.2) is 10.8 Å². The molecule has 0 bridgehead atoms. The highest BCUT2D eigenvalue weighted by Gasteiger charge is 2.06. The molecule has 1 aromatic heterocycles. The van der Waals surface area contributed by atoms with Crippen molar-refractivity contribution < 1.29 is 4.39 Å². The van der Waals surface area contributed by atoms with Crippen LogP contribution in [0.1, 0.15) is 11.1 Å². The van der Waals surface area contributed by atoms with Gasteiger partial charge < -0.3 is 5.73 Å². The highest BCUT2D eigenvalue weighted by molar-refractivity contribution is 9.10. The maximum atomic E-state index is 13.8. The monoisotopic (exact) mass is 339 g/mol. The first kappa shape index (κ1) is 14.0. The van der Waals surface area contributed by atoms with E-state index in [4.69, 9.17) is 11.1 Å². The first-order valence-electron chi connectivity index (χ1n) is 5.43. The highest BCUT2D eigenvalue weighted by atomic mass is 79.9. The van der Waals surface area contributed by atoms with Crippen molar-refractivity contribution in [1.82, 2.24) is 4.98 Å². The Morgan fingerprint density at radius 3 is 2.74 bits per heavy atom. The molecular weight excluding hydrogens is 329 g/mol. The number of amidine groups is 1. The summed E-state index contributed by atoms with van der Waals surface area (Å²) in [4.78, 5) is 4.21. The maximum Gasteiger partial charge on any atom is 0.127 e. The fourth-order valence-electron chi connectivity index (χ4n) is 1.43. The number of nitrogens with one attached hydrogen (secondary N) is 1. The Balaban J connectivity index is 2.07. The summed E-state index contributed by atoms with van der Waals surface area (Å²) in [6.07, 6.45) is 1.71. The van der Waals surface area contributed by atoms with Gasteiger partial charge >= 0.3 is 0 Å². The van der Waals surface area contributed by atoms with E-state index in [0.717, 1.165) is 9.50 Å². The van der Waals surface area contributed by atoms with Gasteiger partial charge in [-0.3, -0.25) is 5.41 Å². The Kier molecular flexibility index (Phi) is 4.55. The Labute approximate surface area is 123 Å². The van der Waals surface area contributed by atoms with E-state index in [0.29, 0.717) is 16.9 Å². The Hall–Kier alpha value is -1.40. The number of rotatable bonds is 4. The van der Waals surface area contributed by atoms with Gasteiger partial charge in [-0.2, -0.15) is 0 Å². The van der Waals surface area contributed by atoms with Crippen molar-refractivity contribution in [2.45, 2.75) is 10.8 Å². The molecule has 0 saturated carbocycles. The first-order chi connectivity index (χ1) is 9.06. The van der Waals surface area contributed by atoms with Crippen LogP contribution in [0, 0.1) is 11.2 Å². The second-order valence-electron chi connectivity index (χ2n) is 3.82. The summed E-state index contributed by atoms with van der Waals surface area (Å²) in [5.74, 6) is 0.00328. The smallest absolute Gasteiger partial charge is 0.127 e. The first-order valence-corrected chi connectivity index (χ1v) is 7.21. The van der Waals surface area contributed by atoms with Crippen LogP contribution in [0.5, 0.6) is 0 Å². The summed E-state index contributed by atoms with van der Waals surface area (Å²) in [6, 6.07) is 8.35. The van der Waals surface area contributed by atoms with Gasteiger partial charge in [-0.15, -0.1) is 11.8 Å². The molecule has 0 fully saturated rings. The summed E-state index contributed by atoms with van der Waals surface area (Å²) in [5, 5.41) is 8.08. The fourth-order valence-corrected chi connectivity index (χ4v) is 2.49. The third-order valence-corrected chi connectivity index (χ3v) is 3.90. The predicted octanol–water partition coefficient (Wildman–Crippen LogP) is 3.56. The third kappa shape index (κ3) is 3.78. The number of thioether (sulfide) groups is 1. The van der Waals surface area contributed by atoms with Gasteiger partial charge in [-0.25, -0.2) is 9.37 Å². The van der Waals surface area contributed by atoms with Crippen molar-refractivity contribution in [3.63, 3.8) is 0 Å². The lowest BCUT2D eigenvalue weighted by molar-refractivity contribution is 0.617. The molecule has 0 spiro atoms. The summed E-state index contributed by atoms with van der Waals surface area (Å²) in [5.41, 5.74) is 6.27. The minimum atomic E-state index is -0.350. The molecule has 19 heavy (non-hydrogen) atoms. The Morgan fingerprint density at radius 1 is 1.37 bits per heavy atom. The van der Waals surface area contributed by atoms with Crippen LogP contribution in [0.15, 0.2) is 46.0 Å². The number of halogens is 2. The van der Waals surface area contributed by atoms with E-state index in [1.165, 1.54) is 17.8 Å². The molecule has 3 N–H and O–H groups in total. The van der Waals surface area contributed by atoms with Gasteiger partial charge in [0.25, 0.3) is 0 Å². The summed E-state index contributed by atoms with van der Waals surface area (Å²) in [6.45, 7) is 0. The second kappa shape index (κ2) is 6.16. The number of nitrogens with zero attached hydrogens (tertiary/aromatic N) is 1. The molecule has 3 nitrogen and oxygen atoms in total. The minimum absolute atomic E-state index is 0.132. The number of pyridine rings is 1. The molecule has 0 saturated heterocycles. The van der Waals surface area contributed by atoms with E-state index >= 15 is 0 Å². The molecule has 0 aliphatic carbocycles. The van der Waals surface area contributed by atoms with Crippen molar-refractivity contribution in [3.8, 4) is 0 Å². The standard InChI is InChI=1S/C13H11BrFN3S/c14-10-3-4-12(18-6-10)19-7-9-2-1-8(13(16)17)5-11(9)15/h1-6H,7H2,(H3,16,17). The van der Waals surface area contributed by atoms with E-state index in [-0.39, 0.29) is 11.7 Å². The third-order valence-electron chi connectivity index (χ3n) is 2.44. The van der Waals surface area contributed by atoms with Crippen LogP contribution in [0.3, 0.4) is 0 Å². The Morgan fingerprint density at radius 2 is 2.16 bits per heavy atom. The number of hydrogen-bond acceptors (Lipinski definition) is 3. The van der Waals surface area contributed by atoms with E-state index in [9.17, 15) is 4.39 Å². The largest absolute Gasteiger partial charge is 0.384 e.